The Morgan fingerprint density at radius 2 is 1.86 bits per heavy atom. The number of amides is 1. The molecular weight excluding hydrogens is 381 g/mol. The van der Waals surface area contributed by atoms with Crippen molar-refractivity contribution < 1.29 is 32.3 Å². The van der Waals surface area contributed by atoms with Crippen LogP contribution in [0, 0.1) is 26.2 Å². The van der Waals surface area contributed by atoms with Gasteiger partial charge in [0.05, 0.1) is 25.3 Å². The molecule has 0 bridgehead atoms. The Morgan fingerprint density at radius 3 is 2.29 bits per heavy atom. The van der Waals surface area contributed by atoms with Crippen LogP contribution in [0.5, 0.6) is 0 Å². The maximum absolute atomic E-state index is 11.9. The first kappa shape index (κ1) is 23.5. The summed E-state index contributed by atoms with van der Waals surface area (Å²) in [4.78, 5) is 29.3. The number of aryl methyl sites for hydroxylation is 2. The number of nitrogens with zero attached hydrogens (tertiary/aromatic N) is 3. The second-order valence-corrected chi connectivity index (χ2v) is 6.02. The minimum absolute atomic E-state index is 0.104. The maximum atomic E-state index is 11.9. The van der Waals surface area contributed by atoms with Crippen molar-refractivity contribution in [2.45, 2.75) is 26.6 Å². The van der Waals surface area contributed by atoms with Gasteiger partial charge in [-0.15, -0.1) is 6.42 Å². The molecular formula is C17H23F3N4O4. The summed E-state index contributed by atoms with van der Waals surface area (Å²) in [6.07, 6.45) is 0.0548. The molecule has 8 nitrogen and oxygen atoms in total. The SMILES string of the molecule is C#CCNCC(=O)N1CCN(Cc2nc(C)c(C)o2)CC1.O=C(O)C(F)(F)F. The fourth-order valence-electron chi connectivity index (χ4n) is 2.31. The predicted octanol–water partition coefficient (Wildman–Crippen LogP) is 0.792. The topological polar surface area (TPSA) is 98.9 Å². The van der Waals surface area contributed by atoms with Crippen LogP contribution < -0.4 is 5.32 Å². The highest BCUT2D eigenvalue weighted by molar-refractivity contribution is 5.78. The summed E-state index contributed by atoms with van der Waals surface area (Å²) in [5.74, 6) is 1.43. The number of piperazine rings is 1. The molecule has 1 fully saturated rings. The fourth-order valence-corrected chi connectivity index (χ4v) is 2.31. The van der Waals surface area contributed by atoms with Gasteiger partial charge >= 0.3 is 12.1 Å². The number of alkyl halides is 3. The Labute approximate surface area is 160 Å². The van der Waals surface area contributed by atoms with E-state index in [4.69, 9.17) is 20.7 Å². The van der Waals surface area contributed by atoms with Crippen LogP contribution in [0.25, 0.3) is 0 Å². The second kappa shape index (κ2) is 10.7. The van der Waals surface area contributed by atoms with Crippen LogP contribution in [0.2, 0.25) is 0 Å². The van der Waals surface area contributed by atoms with Crippen molar-refractivity contribution in [3.05, 3.63) is 17.3 Å². The number of terminal acetylenes is 1. The molecule has 0 spiro atoms. The number of aromatic nitrogens is 1. The lowest BCUT2D eigenvalue weighted by molar-refractivity contribution is -0.192. The fraction of sp³-hybridized carbons (Fsp3) is 0.588. The van der Waals surface area contributed by atoms with Gasteiger partial charge in [0, 0.05) is 26.2 Å². The molecule has 2 heterocycles. The lowest BCUT2D eigenvalue weighted by Crippen LogP contribution is -2.50. The molecule has 1 aromatic heterocycles. The predicted molar refractivity (Wildman–Crippen MR) is 93.2 cm³/mol. The molecule has 0 saturated carbocycles. The quantitative estimate of drug-likeness (QED) is 0.553. The van der Waals surface area contributed by atoms with Gasteiger partial charge in [-0.2, -0.15) is 13.2 Å². The van der Waals surface area contributed by atoms with Gasteiger partial charge in [-0.1, -0.05) is 5.92 Å². The number of nitrogens with one attached hydrogen (secondary N) is 1. The molecule has 0 atom stereocenters. The molecule has 0 unspecified atom stereocenters. The van der Waals surface area contributed by atoms with Crippen molar-refractivity contribution in [1.29, 1.82) is 0 Å². The molecule has 2 N–H and O–H groups in total. The summed E-state index contributed by atoms with van der Waals surface area (Å²) in [7, 11) is 0. The van der Waals surface area contributed by atoms with Gasteiger partial charge in [0.25, 0.3) is 0 Å². The molecule has 156 valence electrons. The number of carbonyl (C=O) groups is 2. The van der Waals surface area contributed by atoms with Crippen molar-refractivity contribution in [3.8, 4) is 12.3 Å². The summed E-state index contributed by atoms with van der Waals surface area (Å²) < 4.78 is 37.3. The van der Waals surface area contributed by atoms with Crippen LogP contribution in [0.1, 0.15) is 17.3 Å². The summed E-state index contributed by atoms with van der Waals surface area (Å²) >= 11 is 0. The Kier molecular flexibility index (Phi) is 8.94. The molecule has 1 aliphatic heterocycles. The molecule has 1 amide bonds. The number of halogens is 3. The van der Waals surface area contributed by atoms with Crippen LogP contribution in [0.4, 0.5) is 13.2 Å². The summed E-state index contributed by atoms with van der Waals surface area (Å²) in [5, 5.41) is 10.1. The molecule has 1 aromatic rings. The summed E-state index contributed by atoms with van der Waals surface area (Å²) in [5.41, 5.74) is 0.943. The number of aliphatic carboxylic acids is 1. The molecule has 0 aromatic carbocycles. The zero-order chi connectivity index (χ0) is 21.3. The molecule has 0 aliphatic carbocycles. The number of oxazole rings is 1. The average molecular weight is 404 g/mol. The molecule has 2 rings (SSSR count). The minimum atomic E-state index is -5.08. The van der Waals surface area contributed by atoms with E-state index in [0.29, 0.717) is 19.6 Å². The third kappa shape index (κ3) is 7.98. The number of carboxylic acids is 1. The van der Waals surface area contributed by atoms with E-state index >= 15 is 0 Å². The zero-order valence-corrected chi connectivity index (χ0v) is 15.7. The van der Waals surface area contributed by atoms with Crippen LogP contribution in [-0.4, -0.2) is 77.2 Å². The van der Waals surface area contributed by atoms with Crippen LogP contribution in [0.3, 0.4) is 0 Å². The smallest absolute Gasteiger partial charge is 0.475 e. The van der Waals surface area contributed by atoms with E-state index in [1.807, 2.05) is 18.7 Å². The Bertz CT molecular complexity index is 685. The van der Waals surface area contributed by atoms with E-state index in [-0.39, 0.29) is 5.91 Å². The molecule has 0 radical (unpaired) electrons. The van der Waals surface area contributed by atoms with Gasteiger partial charge in [0.15, 0.2) is 0 Å². The Balaban J connectivity index is 0.000000480. The van der Waals surface area contributed by atoms with E-state index in [9.17, 15) is 18.0 Å². The van der Waals surface area contributed by atoms with Crippen LogP contribution in [0.15, 0.2) is 4.42 Å². The first-order valence-electron chi connectivity index (χ1n) is 8.42. The first-order chi connectivity index (χ1) is 13.0. The average Bonchev–Trinajstić information content (AvgIpc) is 2.92. The van der Waals surface area contributed by atoms with Crippen molar-refractivity contribution in [2.24, 2.45) is 0 Å². The maximum Gasteiger partial charge on any atom is 0.490 e. The number of hydrogen-bond acceptors (Lipinski definition) is 6. The van der Waals surface area contributed by atoms with Gasteiger partial charge < -0.3 is 14.4 Å². The number of carbonyl (C=O) groups excluding carboxylic acids is 1. The highest BCUT2D eigenvalue weighted by Gasteiger charge is 2.38. The second-order valence-electron chi connectivity index (χ2n) is 6.02. The van der Waals surface area contributed by atoms with Crippen molar-refractivity contribution in [3.63, 3.8) is 0 Å². The standard InChI is InChI=1S/C15H22N4O2.C2HF3O2/c1-4-5-16-10-15(20)19-8-6-18(7-9-19)11-14-17-12(2)13(3)21-14;3-2(4,5)1(6)7/h1,16H,5-11H2,2-3H3;(H,6,7). The Hall–Kier alpha value is -2.58. The number of rotatable bonds is 5. The third-order valence-electron chi connectivity index (χ3n) is 3.90. The van der Waals surface area contributed by atoms with Crippen LogP contribution in [-0.2, 0) is 16.1 Å². The van der Waals surface area contributed by atoms with E-state index in [2.05, 4.69) is 21.1 Å². The number of hydrogen-bond donors (Lipinski definition) is 2. The first-order valence-corrected chi connectivity index (χ1v) is 8.42. The highest BCUT2D eigenvalue weighted by Crippen LogP contribution is 2.13. The van der Waals surface area contributed by atoms with E-state index in [0.717, 1.165) is 43.5 Å². The van der Waals surface area contributed by atoms with Gasteiger partial charge in [-0.05, 0) is 13.8 Å². The van der Waals surface area contributed by atoms with E-state index in [1.54, 1.807) is 0 Å². The van der Waals surface area contributed by atoms with Crippen molar-refractivity contribution in [1.82, 2.24) is 20.1 Å². The summed E-state index contributed by atoms with van der Waals surface area (Å²) in [6, 6.07) is 0. The lowest BCUT2D eigenvalue weighted by atomic mass is 10.3. The molecule has 1 saturated heterocycles. The van der Waals surface area contributed by atoms with Gasteiger partial charge in [0.2, 0.25) is 11.8 Å². The van der Waals surface area contributed by atoms with Crippen molar-refractivity contribution in [2.75, 3.05) is 39.3 Å². The summed E-state index contributed by atoms with van der Waals surface area (Å²) in [6.45, 7) is 8.43. The van der Waals surface area contributed by atoms with E-state index < -0.39 is 12.1 Å². The van der Waals surface area contributed by atoms with Crippen molar-refractivity contribution >= 4 is 11.9 Å². The number of carboxylic acid groups (broad SMARTS) is 1. The largest absolute Gasteiger partial charge is 0.490 e. The van der Waals surface area contributed by atoms with Crippen LogP contribution >= 0.6 is 0 Å². The van der Waals surface area contributed by atoms with E-state index in [1.165, 1.54) is 0 Å². The minimum Gasteiger partial charge on any atom is -0.475 e. The monoisotopic (exact) mass is 404 g/mol. The highest BCUT2D eigenvalue weighted by atomic mass is 19.4. The normalized spacial score (nSPS) is 14.8. The lowest BCUT2D eigenvalue weighted by Gasteiger charge is -2.34. The molecule has 1 aliphatic rings. The molecule has 28 heavy (non-hydrogen) atoms. The van der Waals surface area contributed by atoms with Gasteiger partial charge in [-0.25, -0.2) is 9.78 Å². The Morgan fingerprint density at radius 1 is 1.29 bits per heavy atom. The molecule has 11 heteroatoms. The van der Waals surface area contributed by atoms with Gasteiger partial charge in [-0.3, -0.25) is 15.0 Å². The third-order valence-corrected chi connectivity index (χ3v) is 3.90. The zero-order valence-electron chi connectivity index (χ0n) is 15.7. The van der Waals surface area contributed by atoms with Gasteiger partial charge in [0.1, 0.15) is 5.76 Å².